The van der Waals surface area contributed by atoms with Gasteiger partial charge < -0.3 is 10.4 Å². The van der Waals surface area contributed by atoms with Gasteiger partial charge in [0.15, 0.2) is 0 Å². The summed E-state index contributed by atoms with van der Waals surface area (Å²) >= 11 is 0. The predicted octanol–water partition coefficient (Wildman–Crippen LogP) is -0.260. The molecule has 5 heteroatoms. The minimum Gasteiger partial charge on any atom is -0.390 e. The maximum absolute atomic E-state index is 11.8. The topological polar surface area (TPSA) is 69.6 Å². The molecule has 5 nitrogen and oxygen atoms in total. The lowest BCUT2D eigenvalue weighted by Crippen LogP contribution is -2.42. The average molecular weight is 240 g/mol. The Morgan fingerprint density at radius 1 is 1.29 bits per heavy atom. The van der Waals surface area contributed by atoms with Crippen LogP contribution in [0, 0.1) is 11.8 Å². The number of aliphatic hydroxyl groups excluding tert-OH is 1. The lowest BCUT2D eigenvalue weighted by molar-refractivity contribution is -0.141. The van der Waals surface area contributed by atoms with Crippen LogP contribution < -0.4 is 5.32 Å². The van der Waals surface area contributed by atoms with Gasteiger partial charge in [-0.1, -0.05) is 13.8 Å². The number of imide groups is 1. The minimum atomic E-state index is -0.666. The standard InChI is InChI=1S/C12H20N2O3/c1-7-8(2)12(17)14(11(7)16)6-10(15)5-13-9-3-4-9/h7-10,13,15H,3-6H2,1-2H3. The van der Waals surface area contributed by atoms with E-state index in [1.165, 1.54) is 4.90 Å². The van der Waals surface area contributed by atoms with Crippen LogP contribution in [0.15, 0.2) is 0 Å². The first-order chi connectivity index (χ1) is 8.00. The Balaban J connectivity index is 1.84. The molecular weight excluding hydrogens is 220 g/mol. The molecule has 1 saturated carbocycles. The molecule has 0 spiro atoms. The second-order valence-electron chi connectivity index (χ2n) is 5.20. The van der Waals surface area contributed by atoms with E-state index in [0.717, 1.165) is 12.8 Å². The molecule has 2 rings (SSSR count). The van der Waals surface area contributed by atoms with Crippen molar-refractivity contribution >= 4 is 11.8 Å². The van der Waals surface area contributed by atoms with Crippen molar-refractivity contribution < 1.29 is 14.7 Å². The molecule has 17 heavy (non-hydrogen) atoms. The molecule has 1 saturated heterocycles. The maximum Gasteiger partial charge on any atom is 0.232 e. The summed E-state index contributed by atoms with van der Waals surface area (Å²) in [5.41, 5.74) is 0. The molecular formula is C12H20N2O3. The smallest absolute Gasteiger partial charge is 0.232 e. The zero-order valence-corrected chi connectivity index (χ0v) is 10.3. The molecule has 1 aliphatic heterocycles. The normalized spacial score (nSPS) is 31.1. The molecule has 0 aromatic carbocycles. The summed E-state index contributed by atoms with van der Waals surface area (Å²) in [6.07, 6.45) is 1.64. The fourth-order valence-corrected chi connectivity index (χ4v) is 2.07. The van der Waals surface area contributed by atoms with Crippen molar-refractivity contribution in [3.63, 3.8) is 0 Å². The van der Waals surface area contributed by atoms with Gasteiger partial charge in [-0.05, 0) is 12.8 Å². The van der Waals surface area contributed by atoms with E-state index in [4.69, 9.17) is 0 Å². The van der Waals surface area contributed by atoms with Crippen LogP contribution in [0.25, 0.3) is 0 Å². The molecule has 2 aliphatic rings. The zero-order chi connectivity index (χ0) is 12.6. The predicted molar refractivity (Wildman–Crippen MR) is 62.1 cm³/mol. The number of aliphatic hydroxyl groups is 1. The van der Waals surface area contributed by atoms with Gasteiger partial charge in [0.25, 0.3) is 0 Å². The molecule has 0 radical (unpaired) electrons. The van der Waals surface area contributed by atoms with Crippen molar-refractivity contribution in [1.29, 1.82) is 0 Å². The molecule has 1 heterocycles. The van der Waals surface area contributed by atoms with E-state index in [0.29, 0.717) is 12.6 Å². The molecule has 96 valence electrons. The summed E-state index contributed by atoms with van der Waals surface area (Å²) < 4.78 is 0. The lowest BCUT2D eigenvalue weighted by atomic mass is 10.00. The van der Waals surface area contributed by atoms with Gasteiger partial charge in [0, 0.05) is 24.4 Å². The van der Waals surface area contributed by atoms with Crippen molar-refractivity contribution in [3.8, 4) is 0 Å². The molecule has 0 bridgehead atoms. The summed E-state index contributed by atoms with van der Waals surface area (Å²) in [6.45, 7) is 4.09. The number of hydrogen-bond acceptors (Lipinski definition) is 4. The molecule has 1 aliphatic carbocycles. The second kappa shape index (κ2) is 4.74. The molecule has 3 atom stereocenters. The molecule has 2 N–H and O–H groups in total. The molecule has 2 amide bonds. The van der Waals surface area contributed by atoms with Crippen LogP contribution in [0.4, 0.5) is 0 Å². The summed E-state index contributed by atoms with van der Waals surface area (Å²) in [7, 11) is 0. The number of carbonyl (C=O) groups is 2. The quantitative estimate of drug-likeness (QED) is 0.650. The molecule has 3 unspecified atom stereocenters. The van der Waals surface area contributed by atoms with Crippen molar-refractivity contribution in [1.82, 2.24) is 10.2 Å². The Morgan fingerprint density at radius 3 is 2.29 bits per heavy atom. The number of nitrogens with one attached hydrogen (secondary N) is 1. The van der Waals surface area contributed by atoms with Crippen molar-refractivity contribution in [2.75, 3.05) is 13.1 Å². The minimum absolute atomic E-state index is 0.117. The lowest BCUT2D eigenvalue weighted by Gasteiger charge is -2.19. The maximum atomic E-state index is 11.8. The SMILES string of the molecule is CC1C(=O)N(CC(O)CNC2CC2)C(=O)C1C. The van der Waals surface area contributed by atoms with Crippen molar-refractivity contribution in [3.05, 3.63) is 0 Å². The van der Waals surface area contributed by atoms with Crippen LogP contribution in [-0.4, -0.2) is 47.1 Å². The Labute approximate surface area is 101 Å². The van der Waals surface area contributed by atoms with E-state index in [1.54, 1.807) is 13.8 Å². The van der Waals surface area contributed by atoms with E-state index in [1.807, 2.05) is 0 Å². The van der Waals surface area contributed by atoms with Crippen LogP contribution in [-0.2, 0) is 9.59 Å². The number of carbonyl (C=O) groups excluding carboxylic acids is 2. The fourth-order valence-electron chi connectivity index (χ4n) is 2.07. The zero-order valence-electron chi connectivity index (χ0n) is 10.3. The van der Waals surface area contributed by atoms with Crippen molar-refractivity contribution in [2.24, 2.45) is 11.8 Å². The first kappa shape index (κ1) is 12.5. The highest BCUT2D eigenvalue weighted by Gasteiger charge is 2.42. The highest BCUT2D eigenvalue weighted by Crippen LogP contribution is 2.25. The highest BCUT2D eigenvalue weighted by molar-refractivity contribution is 6.04. The summed E-state index contributed by atoms with van der Waals surface area (Å²) in [5, 5.41) is 13.0. The number of nitrogens with zero attached hydrogens (tertiary/aromatic N) is 1. The van der Waals surface area contributed by atoms with Gasteiger partial charge in [-0.2, -0.15) is 0 Å². The van der Waals surface area contributed by atoms with Gasteiger partial charge in [-0.3, -0.25) is 14.5 Å². The largest absolute Gasteiger partial charge is 0.390 e. The summed E-state index contributed by atoms with van der Waals surface area (Å²) in [6, 6.07) is 0.521. The molecule has 2 fully saturated rings. The van der Waals surface area contributed by atoms with Gasteiger partial charge in [0.2, 0.25) is 11.8 Å². The third-order valence-electron chi connectivity index (χ3n) is 3.67. The fraction of sp³-hybridized carbons (Fsp3) is 0.833. The number of likely N-dealkylation sites (tertiary alicyclic amines) is 1. The van der Waals surface area contributed by atoms with Gasteiger partial charge in [-0.15, -0.1) is 0 Å². The third kappa shape index (κ3) is 2.66. The first-order valence-corrected chi connectivity index (χ1v) is 6.27. The number of β-amino-alcohol motifs (C(OH)–C–C–N with tert-alkyl or cyclic N) is 1. The van der Waals surface area contributed by atoms with Crippen LogP contribution in [0.3, 0.4) is 0 Å². The van der Waals surface area contributed by atoms with Gasteiger partial charge >= 0.3 is 0 Å². The van der Waals surface area contributed by atoms with Crippen LogP contribution in [0.1, 0.15) is 26.7 Å². The van der Waals surface area contributed by atoms with E-state index in [9.17, 15) is 14.7 Å². The second-order valence-corrected chi connectivity index (χ2v) is 5.20. The van der Waals surface area contributed by atoms with Crippen LogP contribution in [0.2, 0.25) is 0 Å². The van der Waals surface area contributed by atoms with E-state index in [-0.39, 0.29) is 30.2 Å². The number of rotatable bonds is 5. The molecule has 0 aromatic heterocycles. The van der Waals surface area contributed by atoms with E-state index >= 15 is 0 Å². The third-order valence-corrected chi connectivity index (χ3v) is 3.67. The van der Waals surface area contributed by atoms with Crippen LogP contribution >= 0.6 is 0 Å². The highest BCUT2D eigenvalue weighted by atomic mass is 16.3. The van der Waals surface area contributed by atoms with Gasteiger partial charge in [0.05, 0.1) is 12.6 Å². The van der Waals surface area contributed by atoms with Crippen LogP contribution in [0.5, 0.6) is 0 Å². The Kier molecular flexibility index (Phi) is 3.49. The Bertz CT molecular complexity index is 308. The Morgan fingerprint density at radius 2 is 1.82 bits per heavy atom. The van der Waals surface area contributed by atoms with E-state index in [2.05, 4.69) is 5.32 Å². The monoisotopic (exact) mass is 240 g/mol. The van der Waals surface area contributed by atoms with Gasteiger partial charge in [0.1, 0.15) is 0 Å². The molecule has 0 aromatic rings. The van der Waals surface area contributed by atoms with Gasteiger partial charge in [-0.25, -0.2) is 0 Å². The van der Waals surface area contributed by atoms with Crippen molar-refractivity contribution in [2.45, 2.75) is 38.8 Å². The summed E-state index contributed by atoms with van der Waals surface area (Å²) in [4.78, 5) is 24.8. The first-order valence-electron chi connectivity index (χ1n) is 6.27. The Hall–Kier alpha value is -0.940. The summed E-state index contributed by atoms with van der Waals surface area (Å²) in [5.74, 6) is -0.835. The average Bonchev–Trinajstić information content (AvgIpc) is 3.10. The number of hydrogen-bond donors (Lipinski definition) is 2. The number of amides is 2. The van der Waals surface area contributed by atoms with E-state index < -0.39 is 6.10 Å².